The van der Waals surface area contributed by atoms with E-state index in [1.165, 1.54) is 6.92 Å². The summed E-state index contributed by atoms with van der Waals surface area (Å²) in [7, 11) is 0. The molecule has 8 nitrogen and oxygen atoms in total. The van der Waals surface area contributed by atoms with E-state index in [2.05, 4.69) is 20.0 Å². The number of hydrogen-bond acceptors (Lipinski definition) is 4. The van der Waals surface area contributed by atoms with Crippen LogP contribution in [0.15, 0.2) is 18.5 Å². The molecule has 2 aromatic rings. The van der Waals surface area contributed by atoms with Crippen molar-refractivity contribution >= 4 is 17.6 Å². The first-order chi connectivity index (χ1) is 12.1. The number of rotatable bonds is 3. The number of anilines is 1. The fourth-order valence-electron chi connectivity index (χ4n) is 3.61. The lowest BCUT2D eigenvalue weighted by Crippen LogP contribution is -2.29. The van der Waals surface area contributed by atoms with Crippen LogP contribution in [0.5, 0.6) is 0 Å². The Labute approximate surface area is 145 Å². The molecule has 2 aromatic heterocycles. The van der Waals surface area contributed by atoms with Gasteiger partial charge in [-0.15, -0.1) is 0 Å². The van der Waals surface area contributed by atoms with Crippen molar-refractivity contribution in [2.75, 3.05) is 18.4 Å². The zero-order valence-corrected chi connectivity index (χ0v) is 14.3. The highest BCUT2D eigenvalue weighted by Gasteiger charge is 2.30. The van der Waals surface area contributed by atoms with E-state index in [1.54, 1.807) is 6.07 Å². The summed E-state index contributed by atoms with van der Waals surface area (Å²) < 4.78 is 3.94. The Hall–Kier alpha value is -2.64. The van der Waals surface area contributed by atoms with E-state index in [0.29, 0.717) is 24.6 Å². The van der Waals surface area contributed by atoms with Gasteiger partial charge >= 0.3 is 0 Å². The average Bonchev–Trinajstić information content (AvgIpc) is 3.32. The molecule has 0 bridgehead atoms. The highest BCUT2D eigenvalue weighted by Crippen LogP contribution is 2.24. The lowest BCUT2D eigenvalue weighted by atomic mass is 10.2. The second-order valence-electron chi connectivity index (χ2n) is 6.75. The van der Waals surface area contributed by atoms with Gasteiger partial charge in [0.15, 0.2) is 5.82 Å². The zero-order valence-electron chi connectivity index (χ0n) is 14.3. The average molecular weight is 342 g/mol. The van der Waals surface area contributed by atoms with Gasteiger partial charge in [-0.25, -0.2) is 4.98 Å². The van der Waals surface area contributed by atoms with Crippen LogP contribution in [0.25, 0.3) is 0 Å². The van der Waals surface area contributed by atoms with Crippen molar-refractivity contribution in [3.8, 4) is 0 Å². The Morgan fingerprint density at radius 3 is 2.96 bits per heavy atom. The summed E-state index contributed by atoms with van der Waals surface area (Å²) in [4.78, 5) is 30.2. The Kier molecular flexibility index (Phi) is 4.03. The standard InChI is InChI=1S/C17H22N6O2/c1-12(24)18-15-6-9-23(20-15)13-5-8-22(10-13)17(25)14-11-21-7-3-2-4-16(21)19-14/h6,9,11,13H,2-5,7-8,10H2,1H3,(H,18,20,24). The molecule has 0 saturated carbocycles. The predicted molar refractivity (Wildman–Crippen MR) is 91.3 cm³/mol. The number of aromatic nitrogens is 4. The molecule has 0 radical (unpaired) electrons. The molecule has 0 aromatic carbocycles. The lowest BCUT2D eigenvalue weighted by Gasteiger charge is -2.15. The van der Waals surface area contributed by atoms with E-state index < -0.39 is 0 Å². The molecule has 1 fully saturated rings. The number of likely N-dealkylation sites (tertiary alicyclic amines) is 1. The quantitative estimate of drug-likeness (QED) is 0.915. The lowest BCUT2D eigenvalue weighted by molar-refractivity contribution is -0.114. The Bertz CT molecular complexity index is 784. The number of imidazole rings is 1. The molecule has 2 aliphatic rings. The van der Waals surface area contributed by atoms with Crippen LogP contribution in [0.4, 0.5) is 5.82 Å². The molecule has 4 heterocycles. The molecular formula is C17H22N6O2. The summed E-state index contributed by atoms with van der Waals surface area (Å²) in [6.07, 6.45) is 7.84. The molecule has 0 aliphatic carbocycles. The van der Waals surface area contributed by atoms with Gasteiger partial charge in [0.25, 0.3) is 5.91 Å². The van der Waals surface area contributed by atoms with Crippen molar-refractivity contribution in [1.29, 1.82) is 0 Å². The number of carbonyl (C=O) groups is 2. The fraction of sp³-hybridized carbons (Fsp3) is 0.529. The summed E-state index contributed by atoms with van der Waals surface area (Å²) in [5.74, 6) is 1.42. The number of nitrogens with zero attached hydrogens (tertiary/aromatic N) is 5. The van der Waals surface area contributed by atoms with Crippen molar-refractivity contribution in [3.05, 3.63) is 30.0 Å². The third-order valence-electron chi connectivity index (χ3n) is 4.86. The van der Waals surface area contributed by atoms with Crippen molar-refractivity contribution < 1.29 is 9.59 Å². The van der Waals surface area contributed by atoms with Crippen LogP contribution in [0.3, 0.4) is 0 Å². The number of amides is 2. The molecular weight excluding hydrogens is 320 g/mol. The number of nitrogens with one attached hydrogen (secondary N) is 1. The molecule has 0 spiro atoms. The number of aryl methyl sites for hydroxylation is 2. The maximum Gasteiger partial charge on any atom is 0.274 e. The summed E-state index contributed by atoms with van der Waals surface area (Å²) >= 11 is 0. The van der Waals surface area contributed by atoms with Crippen LogP contribution in [0.2, 0.25) is 0 Å². The molecule has 1 atom stereocenters. The summed E-state index contributed by atoms with van der Waals surface area (Å²) in [5, 5.41) is 7.05. The number of carbonyl (C=O) groups excluding carboxylic acids is 2. The monoisotopic (exact) mass is 342 g/mol. The molecule has 4 rings (SSSR count). The van der Waals surface area contributed by atoms with Crippen LogP contribution in [0, 0.1) is 0 Å². The van der Waals surface area contributed by atoms with E-state index in [1.807, 2.05) is 22.0 Å². The maximum atomic E-state index is 12.8. The Morgan fingerprint density at radius 2 is 2.16 bits per heavy atom. The largest absolute Gasteiger partial charge is 0.335 e. The Balaban J connectivity index is 1.43. The molecule has 2 amide bonds. The summed E-state index contributed by atoms with van der Waals surface area (Å²) in [5.41, 5.74) is 0.553. The predicted octanol–water partition coefficient (Wildman–Crippen LogP) is 1.46. The SMILES string of the molecule is CC(=O)Nc1ccn(C2CCN(C(=O)c3cn4c(n3)CCCC4)C2)n1. The molecule has 2 aliphatic heterocycles. The fourth-order valence-corrected chi connectivity index (χ4v) is 3.61. The van der Waals surface area contributed by atoms with Crippen molar-refractivity contribution in [1.82, 2.24) is 24.2 Å². The van der Waals surface area contributed by atoms with Gasteiger partial charge in [-0.3, -0.25) is 14.3 Å². The first-order valence-electron chi connectivity index (χ1n) is 8.78. The number of fused-ring (bicyclic) bond motifs is 1. The molecule has 1 saturated heterocycles. The smallest absolute Gasteiger partial charge is 0.274 e. The van der Waals surface area contributed by atoms with E-state index in [9.17, 15) is 9.59 Å². The molecule has 8 heteroatoms. The van der Waals surface area contributed by atoms with Crippen molar-refractivity contribution in [2.24, 2.45) is 0 Å². The molecule has 1 unspecified atom stereocenters. The van der Waals surface area contributed by atoms with Crippen molar-refractivity contribution in [3.63, 3.8) is 0 Å². The van der Waals surface area contributed by atoms with E-state index in [0.717, 1.165) is 38.1 Å². The van der Waals surface area contributed by atoms with Crippen molar-refractivity contribution in [2.45, 2.75) is 45.2 Å². The highest BCUT2D eigenvalue weighted by atomic mass is 16.2. The van der Waals surface area contributed by atoms with Crippen LogP contribution < -0.4 is 5.32 Å². The van der Waals surface area contributed by atoms with Gasteiger partial charge in [0.1, 0.15) is 11.5 Å². The maximum absolute atomic E-state index is 12.8. The first kappa shape index (κ1) is 15.9. The van der Waals surface area contributed by atoms with E-state index in [4.69, 9.17) is 0 Å². The van der Waals surface area contributed by atoms with Crippen LogP contribution in [-0.2, 0) is 17.8 Å². The van der Waals surface area contributed by atoms with Gasteiger partial charge in [0, 0.05) is 51.4 Å². The van der Waals surface area contributed by atoms with Gasteiger partial charge < -0.3 is 14.8 Å². The van der Waals surface area contributed by atoms with Gasteiger partial charge in [-0.05, 0) is 19.3 Å². The zero-order chi connectivity index (χ0) is 17.4. The summed E-state index contributed by atoms with van der Waals surface area (Å²) in [6, 6.07) is 1.90. The molecule has 1 N–H and O–H groups in total. The van der Waals surface area contributed by atoms with Gasteiger partial charge in [0.05, 0.1) is 6.04 Å². The minimum absolute atomic E-state index is 0.00126. The minimum atomic E-state index is -0.141. The van der Waals surface area contributed by atoms with Crippen LogP contribution in [0.1, 0.15) is 48.5 Å². The second kappa shape index (κ2) is 6.34. The third kappa shape index (κ3) is 3.16. The first-order valence-corrected chi connectivity index (χ1v) is 8.78. The minimum Gasteiger partial charge on any atom is -0.335 e. The molecule has 25 heavy (non-hydrogen) atoms. The Morgan fingerprint density at radius 1 is 1.28 bits per heavy atom. The van der Waals surface area contributed by atoms with Crippen LogP contribution in [-0.4, -0.2) is 49.1 Å². The normalized spacial score (nSPS) is 19.7. The summed E-state index contributed by atoms with van der Waals surface area (Å²) in [6.45, 7) is 3.72. The van der Waals surface area contributed by atoms with Gasteiger partial charge in [-0.1, -0.05) is 0 Å². The van der Waals surface area contributed by atoms with Gasteiger partial charge in [0.2, 0.25) is 5.91 Å². The van der Waals surface area contributed by atoms with Crippen LogP contribution >= 0.6 is 0 Å². The second-order valence-corrected chi connectivity index (χ2v) is 6.75. The van der Waals surface area contributed by atoms with E-state index in [-0.39, 0.29) is 17.9 Å². The van der Waals surface area contributed by atoms with E-state index >= 15 is 0 Å². The number of hydrogen-bond donors (Lipinski definition) is 1. The topological polar surface area (TPSA) is 85.0 Å². The van der Waals surface area contributed by atoms with Gasteiger partial charge in [-0.2, -0.15) is 5.10 Å². The highest BCUT2D eigenvalue weighted by molar-refractivity contribution is 5.92. The third-order valence-corrected chi connectivity index (χ3v) is 4.86. The molecule has 132 valence electrons.